The van der Waals surface area contributed by atoms with Gasteiger partial charge in [-0.3, -0.25) is 14.7 Å². The molecule has 25 heavy (non-hydrogen) atoms. The molecule has 0 atom stereocenters. The lowest BCUT2D eigenvalue weighted by atomic mass is 10.1. The first-order valence-electron chi connectivity index (χ1n) is 9.32. The predicted molar refractivity (Wildman–Crippen MR) is 101 cm³/mol. The number of fused-ring (bicyclic) bond motifs is 1. The number of aryl methyl sites for hydroxylation is 2. The minimum absolute atomic E-state index is 0.238. The number of amides is 1. The van der Waals surface area contributed by atoms with Gasteiger partial charge in [0, 0.05) is 50.0 Å². The van der Waals surface area contributed by atoms with Gasteiger partial charge in [-0.1, -0.05) is 6.42 Å². The Hall–Kier alpha value is -1.72. The zero-order valence-corrected chi connectivity index (χ0v) is 15.4. The van der Waals surface area contributed by atoms with E-state index in [0.29, 0.717) is 0 Å². The van der Waals surface area contributed by atoms with Crippen LogP contribution < -0.4 is 0 Å². The fourth-order valence-electron chi connectivity index (χ4n) is 3.78. The number of hydrogen-bond acceptors (Lipinski definition) is 4. The van der Waals surface area contributed by atoms with Crippen LogP contribution in [0.15, 0.2) is 30.6 Å². The Morgan fingerprint density at radius 2 is 1.80 bits per heavy atom. The summed E-state index contributed by atoms with van der Waals surface area (Å²) in [5, 5.41) is 0. The maximum atomic E-state index is 12.9. The first-order chi connectivity index (χ1) is 12.3. The first kappa shape index (κ1) is 16.7. The van der Waals surface area contributed by atoms with Crippen LogP contribution in [0.1, 0.15) is 44.9 Å². The van der Waals surface area contributed by atoms with Gasteiger partial charge in [0.2, 0.25) is 0 Å². The maximum absolute atomic E-state index is 12.9. The van der Waals surface area contributed by atoms with Crippen LogP contribution in [-0.2, 0) is 19.4 Å². The summed E-state index contributed by atoms with van der Waals surface area (Å²) in [5.74, 6) is 0.238. The molecule has 1 amide bonds. The van der Waals surface area contributed by atoms with Crippen LogP contribution in [0.25, 0.3) is 0 Å². The van der Waals surface area contributed by atoms with Crippen molar-refractivity contribution >= 4 is 17.2 Å². The molecule has 5 heteroatoms. The number of carbonyl (C=O) groups excluding carboxylic acids is 1. The van der Waals surface area contributed by atoms with Crippen molar-refractivity contribution in [3.8, 4) is 0 Å². The second-order valence-corrected chi connectivity index (χ2v) is 8.18. The van der Waals surface area contributed by atoms with E-state index in [2.05, 4.69) is 28.1 Å². The normalized spacial score (nSPS) is 18.6. The third-order valence-corrected chi connectivity index (χ3v) is 6.50. The summed E-state index contributed by atoms with van der Waals surface area (Å²) in [6.07, 6.45) is 9.86. The molecule has 2 aliphatic rings. The van der Waals surface area contributed by atoms with Gasteiger partial charge in [0.15, 0.2) is 0 Å². The molecule has 1 aliphatic carbocycles. The van der Waals surface area contributed by atoms with E-state index >= 15 is 0 Å². The van der Waals surface area contributed by atoms with Crippen molar-refractivity contribution in [1.29, 1.82) is 0 Å². The molecule has 4 rings (SSSR count). The van der Waals surface area contributed by atoms with E-state index in [-0.39, 0.29) is 5.91 Å². The molecule has 1 saturated heterocycles. The minimum atomic E-state index is 0.238. The summed E-state index contributed by atoms with van der Waals surface area (Å²) >= 11 is 1.74. The molecule has 0 aromatic carbocycles. The lowest BCUT2D eigenvalue weighted by Crippen LogP contribution is -2.48. The zero-order valence-electron chi connectivity index (χ0n) is 14.6. The molecule has 0 bridgehead atoms. The molecule has 0 unspecified atom stereocenters. The van der Waals surface area contributed by atoms with Crippen molar-refractivity contribution in [3.05, 3.63) is 51.5 Å². The van der Waals surface area contributed by atoms with Crippen LogP contribution in [0.2, 0.25) is 0 Å². The summed E-state index contributed by atoms with van der Waals surface area (Å²) in [5.41, 5.74) is 2.72. The molecular weight excluding hydrogens is 330 g/mol. The maximum Gasteiger partial charge on any atom is 0.264 e. The Kier molecular flexibility index (Phi) is 5.13. The molecule has 3 heterocycles. The minimum Gasteiger partial charge on any atom is -0.335 e. The van der Waals surface area contributed by atoms with Gasteiger partial charge in [-0.05, 0) is 55.0 Å². The summed E-state index contributed by atoms with van der Waals surface area (Å²) in [7, 11) is 0. The van der Waals surface area contributed by atoms with Crippen LogP contribution >= 0.6 is 11.3 Å². The molecular formula is C20H25N3OS. The zero-order chi connectivity index (χ0) is 17.1. The van der Waals surface area contributed by atoms with Crippen LogP contribution in [0, 0.1) is 0 Å². The average molecular weight is 356 g/mol. The van der Waals surface area contributed by atoms with Gasteiger partial charge in [0.05, 0.1) is 4.88 Å². The molecule has 1 fully saturated rings. The van der Waals surface area contributed by atoms with Gasteiger partial charge in [0.25, 0.3) is 5.91 Å². The first-order valence-corrected chi connectivity index (χ1v) is 10.1. The highest BCUT2D eigenvalue weighted by Gasteiger charge is 2.24. The van der Waals surface area contributed by atoms with E-state index in [0.717, 1.165) is 50.4 Å². The highest BCUT2D eigenvalue weighted by Crippen LogP contribution is 2.30. The van der Waals surface area contributed by atoms with Crippen LogP contribution in [0.3, 0.4) is 0 Å². The second-order valence-electron chi connectivity index (χ2n) is 7.04. The van der Waals surface area contributed by atoms with Crippen molar-refractivity contribution in [2.45, 2.75) is 38.6 Å². The SMILES string of the molecule is O=C(c1cc2c(s1)CCCCC2)N1CCN(Cc2ccncc2)CC1. The molecule has 0 saturated carbocycles. The van der Waals surface area contributed by atoms with Crippen molar-refractivity contribution < 1.29 is 4.79 Å². The monoisotopic (exact) mass is 355 g/mol. The summed E-state index contributed by atoms with van der Waals surface area (Å²) < 4.78 is 0. The standard InChI is InChI=1S/C20H25N3OS/c24-20(19-14-17-4-2-1-3-5-18(17)25-19)23-12-10-22(11-13-23)15-16-6-8-21-9-7-16/h6-9,14H,1-5,10-13,15H2. The molecule has 132 valence electrons. The van der Waals surface area contributed by atoms with E-state index in [1.807, 2.05) is 17.3 Å². The van der Waals surface area contributed by atoms with Crippen molar-refractivity contribution in [2.24, 2.45) is 0 Å². The Labute approximate surface area is 153 Å². The number of hydrogen-bond donors (Lipinski definition) is 0. The number of carbonyl (C=O) groups is 1. The smallest absolute Gasteiger partial charge is 0.264 e. The number of thiophene rings is 1. The summed E-state index contributed by atoms with van der Waals surface area (Å²) in [6, 6.07) is 6.31. The van der Waals surface area contributed by atoms with Gasteiger partial charge < -0.3 is 4.90 Å². The van der Waals surface area contributed by atoms with Gasteiger partial charge in [-0.25, -0.2) is 0 Å². The lowest BCUT2D eigenvalue weighted by molar-refractivity contribution is 0.0633. The number of nitrogens with zero attached hydrogens (tertiary/aromatic N) is 3. The van der Waals surface area contributed by atoms with Crippen molar-refractivity contribution in [1.82, 2.24) is 14.8 Å². The van der Waals surface area contributed by atoms with Crippen molar-refractivity contribution in [2.75, 3.05) is 26.2 Å². The van der Waals surface area contributed by atoms with Crippen LogP contribution in [0.4, 0.5) is 0 Å². The van der Waals surface area contributed by atoms with Gasteiger partial charge in [-0.2, -0.15) is 0 Å². The van der Waals surface area contributed by atoms with E-state index in [1.165, 1.54) is 35.3 Å². The second kappa shape index (κ2) is 7.67. The average Bonchev–Trinajstić information content (AvgIpc) is 2.93. The van der Waals surface area contributed by atoms with E-state index < -0.39 is 0 Å². The molecule has 2 aromatic rings. The Bertz CT molecular complexity index is 696. The fourth-order valence-corrected chi connectivity index (χ4v) is 5.01. The number of piperazine rings is 1. The molecule has 0 N–H and O–H groups in total. The molecule has 2 aromatic heterocycles. The third kappa shape index (κ3) is 3.93. The summed E-state index contributed by atoms with van der Waals surface area (Å²) in [6.45, 7) is 4.48. The Balaban J connectivity index is 1.35. The van der Waals surface area contributed by atoms with E-state index in [1.54, 1.807) is 11.3 Å². The van der Waals surface area contributed by atoms with E-state index in [4.69, 9.17) is 0 Å². The third-order valence-electron chi connectivity index (χ3n) is 5.27. The quantitative estimate of drug-likeness (QED) is 0.792. The van der Waals surface area contributed by atoms with Gasteiger partial charge in [0.1, 0.15) is 0 Å². The topological polar surface area (TPSA) is 36.4 Å². The lowest BCUT2D eigenvalue weighted by Gasteiger charge is -2.34. The van der Waals surface area contributed by atoms with E-state index in [9.17, 15) is 4.79 Å². The molecule has 0 spiro atoms. The highest BCUT2D eigenvalue weighted by atomic mass is 32.1. The van der Waals surface area contributed by atoms with Crippen LogP contribution in [0.5, 0.6) is 0 Å². The fraction of sp³-hybridized carbons (Fsp3) is 0.500. The Morgan fingerprint density at radius 1 is 1.04 bits per heavy atom. The molecule has 4 nitrogen and oxygen atoms in total. The summed E-state index contributed by atoms with van der Waals surface area (Å²) in [4.78, 5) is 23.8. The predicted octanol–water partition coefficient (Wildman–Crippen LogP) is 3.37. The number of rotatable bonds is 3. The Morgan fingerprint density at radius 3 is 2.60 bits per heavy atom. The van der Waals surface area contributed by atoms with Crippen LogP contribution in [-0.4, -0.2) is 46.9 Å². The highest BCUT2D eigenvalue weighted by molar-refractivity contribution is 7.14. The number of aromatic nitrogens is 1. The number of pyridine rings is 1. The van der Waals surface area contributed by atoms with Gasteiger partial charge in [-0.15, -0.1) is 11.3 Å². The largest absolute Gasteiger partial charge is 0.335 e. The molecule has 1 aliphatic heterocycles. The van der Waals surface area contributed by atoms with Crippen molar-refractivity contribution in [3.63, 3.8) is 0 Å². The van der Waals surface area contributed by atoms with Gasteiger partial charge >= 0.3 is 0 Å². The molecule has 0 radical (unpaired) electrons.